The van der Waals surface area contributed by atoms with E-state index in [1.165, 1.54) is 35.5 Å². The molecule has 202 valence electrons. The molecule has 0 saturated carbocycles. The number of oxime groups is 1. The molecule has 38 heavy (non-hydrogen) atoms. The van der Waals surface area contributed by atoms with Gasteiger partial charge < -0.3 is 25.9 Å². The summed E-state index contributed by atoms with van der Waals surface area (Å²) in [7, 11) is 5.17. The summed E-state index contributed by atoms with van der Waals surface area (Å²) in [5.41, 5.74) is 6.03. The highest BCUT2D eigenvalue weighted by atomic mass is 32.2. The zero-order valence-corrected chi connectivity index (χ0v) is 22.9. The normalized spacial score (nSPS) is 19.6. The van der Waals surface area contributed by atoms with Gasteiger partial charge in [0.1, 0.15) is 29.9 Å². The van der Waals surface area contributed by atoms with Crippen LogP contribution in [0.15, 0.2) is 38.4 Å². The number of tetrazole rings is 1. The summed E-state index contributed by atoms with van der Waals surface area (Å²) < 4.78 is 1.65. The number of anilines is 1. The Labute approximate surface area is 229 Å². The van der Waals surface area contributed by atoms with Crippen LogP contribution in [-0.2, 0) is 25.8 Å². The lowest BCUT2D eigenvalue weighted by Crippen LogP contribution is -2.71. The van der Waals surface area contributed by atoms with Crippen molar-refractivity contribution in [1.29, 1.82) is 0 Å². The Kier molecular flexibility index (Phi) is 8.65. The number of allylic oxidation sites excluding steroid dienone is 1. The first kappa shape index (κ1) is 27.6. The number of thiazole rings is 1. The second-order valence-electron chi connectivity index (χ2n) is 8.14. The average molecular weight is 581 g/mol. The number of aliphatic carboxylic acids is 1. The molecule has 0 aromatic carbocycles. The second-order valence-corrected chi connectivity index (χ2v) is 11.0. The van der Waals surface area contributed by atoms with Crippen LogP contribution in [0.3, 0.4) is 0 Å². The number of hydrogen-bond donors (Lipinski definition) is 3. The minimum atomic E-state index is -1.24. The molecule has 0 aliphatic carbocycles. The van der Waals surface area contributed by atoms with E-state index in [2.05, 4.69) is 31.0 Å². The zero-order valence-electron chi connectivity index (χ0n) is 20.5. The predicted molar refractivity (Wildman–Crippen MR) is 141 cm³/mol. The minimum Gasteiger partial charge on any atom is -0.477 e. The van der Waals surface area contributed by atoms with Crippen LogP contribution >= 0.6 is 34.9 Å². The number of carboxylic acids is 1. The molecule has 0 radical (unpaired) electrons. The third kappa shape index (κ3) is 5.82. The Morgan fingerprint density at radius 3 is 2.89 bits per heavy atom. The van der Waals surface area contributed by atoms with Crippen molar-refractivity contribution in [1.82, 2.24) is 40.3 Å². The number of carboxylic acid groups (broad SMARTS) is 1. The van der Waals surface area contributed by atoms with Crippen LogP contribution < -0.4 is 11.1 Å². The number of rotatable bonds is 11. The van der Waals surface area contributed by atoms with Gasteiger partial charge in [0.15, 0.2) is 10.8 Å². The van der Waals surface area contributed by atoms with Gasteiger partial charge in [-0.2, -0.15) is 0 Å². The van der Waals surface area contributed by atoms with E-state index in [9.17, 15) is 19.5 Å². The third-order valence-corrected chi connectivity index (χ3v) is 8.10. The number of aromatic nitrogens is 5. The molecule has 2 aliphatic heterocycles. The van der Waals surface area contributed by atoms with Gasteiger partial charge in [0, 0.05) is 17.7 Å². The van der Waals surface area contributed by atoms with Gasteiger partial charge in [0.25, 0.3) is 11.8 Å². The Balaban J connectivity index is 1.46. The van der Waals surface area contributed by atoms with Crippen molar-refractivity contribution in [2.45, 2.75) is 23.1 Å². The molecule has 0 bridgehead atoms. The van der Waals surface area contributed by atoms with Crippen LogP contribution in [0.25, 0.3) is 0 Å². The van der Waals surface area contributed by atoms with Gasteiger partial charge in [-0.05, 0) is 41.6 Å². The van der Waals surface area contributed by atoms with E-state index in [-0.39, 0.29) is 22.2 Å². The molecule has 2 aliphatic rings. The Morgan fingerprint density at radius 2 is 2.24 bits per heavy atom. The van der Waals surface area contributed by atoms with Gasteiger partial charge in [-0.25, -0.2) is 14.5 Å². The number of fused-ring (bicyclic) bond motifs is 1. The Morgan fingerprint density at radius 1 is 1.45 bits per heavy atom. The van der Waals surface area contributed by atoms with Gasteiger partial charge in [0.2, 0.25) is 5.16 Å². The highest BCUT2D eigenvalue weighted by Gasteiger charge is 2.54. The van der Waals surface area contributed by atoms with E-state index in [4.69, 9.17) is 10.6 Å². The number of hydrogen-bond acceptors (Lipinski definition) is 14. The lowest BCUT2D eigenvalue weighted by molar-refractivity contribution is -0.150. The van der Waals surface area contributed by atoms with Crippen LogP contribution in [-0.4, -0.2) is 109 Å². The predicted octanol–water partition coefficient (Wildman–Crippen LogP) is -0.331. The first-order valence-electron chi connectivity index (χ1n) is 11.0. The van der Waals surface area contributed by atoms with Crippen molar-refractivity contribution in [3.63, 3.8) is 0 Å². The quantitative estimate of drug-likeness (QED) is 0.135. The molecular weight excluding hydrogens is 556 g/mol. The fraction of sp³-hybridized carbons (Fsp3) is 0.400. The largest absolute Gasteiger partial charge is 0.477 e. The van der Waals surface area contributed by atoms with E-state index in [1.54, 1.807) is 21.5 Å². The van der Waals surface area contributed by atoms with E-state index < -0.39 is 29.2 Å². The van der Waals surface area contributed by atoms with Gasteiger partial charge in [-0.15, -0.1) is 28.2 Å². The number of nitrogens with zero attached hydrogens (tertiary/aromatic N) is 8. The number of nitrogens with one attached hydrogen (secondary N) is 1. The maximum Gasteiger partial charge on any atom is 0.352 e. The van der Waals surface area contributed by atoms with Gasteiger partial charge in [0.05, 0.1) is 6.54 Å². The van der Waals surface area contributed by atoms with Gasteiger partial charge >= 0.3 is 5.97 Å². The summed E-state index contributed by atoms with van der Waals surface area (Å²) in [6.45, 7) is 1.35. The molecule has 2 atom stereocenters. The minimum absolute atomic E-state index is 0.133. The standard InChI is InChI=1S/C20H24N10O5S3/c1-28(2)5-6-29-20(24-26-27-29)36-7-4-10-8-37-17-13(16(32)30(17)14(10)18(33)34)23-15(31)12(25-35-3)11-9-38-19(21)22-11/h4,7,9,13,17H,5-6,8H2,1-3H3,(H2,21,22)(H,23,31)(H,33,34)/b7-4+,25-12-. The van der Waals surface area contributed by atoms with Gasteiger partial charge in [-0.1, -0.05) is 16.9 Å². The van der Waals surface area contributed by atoms with E-state index in [0.29, 0.717) is 23.0 Å². The first-order chi connectivity index (χ1) is 18.2. The summed E-state index contributed by atoms with van der Waals surface area (Å²) in [5, 5.41) is 31.3. The lowest BCUT2D eigenvalue weighted by atomic mass is 10.0. The summed E-state index contributed by atoms with van der Waals surface area (Å²) in [6.07, 6.45) is 1.64. The van der Waals surface area contributed by atoms with Crippen molar-refractivity contribution in [2.75, 3.05) is 39.2 Å². The van der Waals surface area contributed by atoms with Crippen LogP contribution in [0.5, 0.6) is 0 Å². The highest BCUT2D eigenvalue weighted by Crippen LogP contribution is 2.41. The molecule has 1 fully saturated rings. The molecular formula is C20H24N10O5S3. The summed E-state index contributed by atoms with van der Waals surface area (Å²) in [5.74, 6) is -2.17. The summed E-state index contributed by atoms with van der Waals surface area (Å²) >= 11 is 3.70. The summed E-state index contributed by atoms with van der Waals surface area (Å²) in [6, 6.07) is -0.943. The molecule has 2 amide bonds. The summed E-state index contributed by atoms with van der Waals surface area (Å²) in [4.78, 5) is 49.9. The number of nitrogens with two attached hydrogens (primary N) is 1. The van der Waals surface area contributed by atoms with Crippen molar-refractivity contribution in [3.05, 3.63) is 33.8 Å². The van der Waals surface area contributed by atoms with Crippen molar-refractivity contribution >= 4 is 63.5 Å². The molecule has 4 N–H and O–H groups in total. The van der Waals surface area contributed by atoms with Crippen molar-refractivity contribution in [2.24, 2.45) is 5.16 Å². The highest BCUT2D eigenvalue weighted by molar-refractivity contribution is 8.02. The molecule has 1 saturated heterocycles. The molecule has 2 aromatic rings. The number of carbonyl (C=O) groups is 3. The molecule has 2 aromatic heterocycles. The van der Waals surface area contributed by atoms with E-state index in [1.807, 2.05) is 19.0 Å². The van der Waals surface area contributed by atoms with Crippen LogP contribution in [0.2, 0.25) is 0 Å². The van der Waals surface area contributed by atoms with Crippen LogP contribution in [0.1, 0.15) is 5.69 Å². The Bertz CT molecular complexity index is 1320. The first-order valence-corrected chi connectivity index (χ1v) is 13.8. The third-order valence-electron chi connectivity index (χ3n) is 5.35. The molecule has 0 spiro atoms. The zero-order chi connectivity index (χ0) is 27.4. The SMILES string of the molecule is CO/N=C(\C(=O)NC1C(=O)N2C(C(=O)O)=C(/C=C/Sc3nnnn3CCN(C)C)CSC12)c1csc(N)n1. The fourth-order valence-corrected chi connectivity index (χ4v) is 6.12. The molecule has 4 heterocycles. The number of β-lactam (4-membered cyclic amide) rings is 1. The smallest absolute Gasteiger partial charge is 0.352 e. The fourth-order valence-electron chi connectivity index (χ4n) is 3.57. The van der Waals surface area contributed by atoms with Gasteiger partial charge in [-0.3, -0.25) is 14.5 Å². The number of likely N-dealkylation sites (N-methyl/N-ethyl adjacent to an activating group) is 1. The second kappa shape index (κ2) is 11.9. The topological polar surface area (TPSA) is 194 Å². The molecule has 18 heteroatoms. The number of nitrogen functional groups attached to an aromatic ring is 1. The molecule has 4 rings (SSSR count). The Hall–Kier alpha value is -3.48. The maximum atomic E-state index is 13.0. The molecule has 2 unspecified atom stereocenters. The number of thioether (sulfide) groups is 2. The van der Waals surface area contributed by atoms with Crippen LogP contribution in [0, 0.1) is 0 Å². The van der Waals surface area contributed by atoms with Crippen LogP contribution in [0.4, 0.5) is 5.13 Å². The van der Waals surface area contributed by atoms with E-state index >= 15 is 0 Å². The number of amides is 2. The molecule has 15 nitrogen and oxygen atoms in total. The monoisotopic (exact) mass is 580 g/mol. The van der Waals surface area contributed by atoms with Crippen molar-refractivity contribution in [3.8, 4) is 0 Å². The average Bonchev–Trinajstić information content (AvgIpc) is 3.52. The van der Waals surface area contributed by atoms with E-state index in [0.717, 1.165) is 17.9 Å². The number of carbonyl (C=O) groups excluding carboxylic acids is 2. The lowest BCUT2D eigenvalue weighted by Gasteiger charge is -2.49. The van der Waals surface area contributed by atoms with Crippen molar-refractivity contribution < 1.29 is 24.3 Å². The maximum absolute atomic E-state index is 13.0.